The van der Waals surface area contributed by atoms with Crippen LogP contribution in [0.1, 0.15) is 39.3 Å². The molecule has 0 radical (unpaired) electrons. The first kappa shape index (κ1) is 15.9. The zero-order valence-electron chi connectivity index (χ0n) is 14.6. The van der Waals surface area contributed by atoms with Crippen molar-refractivity contribution in [1.82, 2.24) is 9.55 Å². The second-order valence-electron chi connectivity index (χ2n) is 6.68. The van der Waals surface area contributed by atoms with Crippen LogP contribution in [0.4, 0.5) is 0 Å². The van der Waals surface area contributed by atoms with Crippen molar-refractivity contribution < 1.29 is 4.74 Å². The van der Waals surface area contributed by atoms with Gasteiger partial charge in [0.1, 0.15) is 5.75 Å². The summed E-state index contributed by atoms with van der Waals surface area (Å²) in [6.07, 6.45) is 4.15. The number of hydrogen-bond acceptors (Lipinski definition) is 2. The highest BCUT2D eigenvalue weighted by molar-refractivity contribution is 6.09. The van der Waals surface area contributed by atoms with Crippen LogP contribution in [-0.2, 0) is 6.54 Å². The van der Waals surface area contributed by atoms with Crippen molar-refractivity contribution >= 4 is 21.8 Å². The topological polar surface area (TPSA) is 27.1 Å². The fraction of sp³-hybridized carbons (Fsp3) is 0.450. The van der Waals surface area contributed by atoms with E-state index in [0.717, 1.165) is 37.4 Å². The third-order valence-corrected chi connectivity index (χ3v) is 4.24. The van der Waals surface area contributed by atoms with Gasteiger partial charge in [0.15, 0.2) is 0 Å². The summed E-state index contributed by atoms with van der Waals surface area (Å²) in [7, 11) is 0. The molecular weight excluding hydrogens is 284 g/mol. The lowest BCUT2D eigenvalue weighted by Gasteiger charge is -2.12. The van der Waals surface area contributed by atoms with Crippen LogP contribution >= 0.6 is 0 Å². The van der Waals surface area contributed by atoms with Gasteiger partial charge in [-0.1, -0.05) is 27.2 Å². The van der Waals surface area contributed by atoms with E-state index in [9.17, 15) is 0 Å². The predicted octanol–water partition coefficient (Wildman–Crippen LogP) is 5.33. The molecule has 2 aromatic heterocycles. The molecule has 1 aromatic carbocycles. The highest BCUT2D eigenvalue weighted by atomic mass is 16.5. The molecule has 2 heterocycles. The van der Waals surface area contributed by atoms with Crippen LogP contribution in [-0.4, -0.2) is 16.2 Å². The predicted molar refractivity (Wildman–Crippen MR) is 97.2 cm³/mol. The minimum absolute atomic E-state index is 0.582. The number of aromatic nitrogens is 2. The van der Waals surface area contributed by atoms with E-state index in [1.165, 1.54) is 21.8 Å². The van der Waals surface area contributed by atoms with Crippen LogP contribution in [0.25, 0.3) is 21.8 Å². The smallest absolute Gasteiger partial charge is 0.121 e. The fourth-order valence-corrected chi connectivity index (χ4v) is 3.18. The summed E-state index contributed by atoms with van der Waals surface area (Å²) in [6, 6.07) is 8.59. The third-order valence-electron chi connectivity index (χ3n) is 4.24. The quantitative estimate of drug-likeness (QED) is 0.575. The first-order valence-electron chi connectivity index (χ1n) is 8.62. The number of pyridine rings is 1. The molecule has 0 aliphatic heterocycles. The molecule has 122 valence electrons. The van der Waals surface area contributed by atoms with Gasteiger partial charge in [-0.3, -0.25) is 4.98 Å². The fourth-order valence-electron chi connectivity index (χ4n) is 3.18. The maximum Gasteiger partial charge on any atom is 0.121 e. The number of unbranched alkanes of at least 4 members (excludes halogenated alkanes) is 1. The SMILES string of the molecule is CCCCOc1ccc2c3ccnc(C)c3n(CC(C)C)c2c1. The zero-order chi connectivity index (χ0) is 16.4. The summed E-state index contributed by atoms with van der Waals surface area (Å²) in [4.78, 5) is 4.50. The van der Waals surface area contributed by atoms with Crippen LogP contribution in [0.15, 0.2) is 30.5 Å². The molecule has 3 rings (SSSR count). The summed E-state index contributed by atoms with van der Waals surface area (Å²) < 4.78 is 8.32. The lowest BCUT2D eigenvalue weighted by Crippen LogP contribution is -2.05. The van der Waals surface area contributed by atoms with E-state index in [2.05, 4.69) is 61.5 Å². The van der Waals surface area contributed by atoms with E-state index in [-0.39, 0.29) is 0 Å². The first-order chi connectivity index (χ1) is 11.1. The maximum absolute atomic E-state index is 5.91. The molecule has 0 fully saturated rings. The van der Waals surface area contributed by atoms with Crippen LogP contribution in [0.3, 0.4) is 0 Å². The highest BCUT2D eigenvalue weighted by Gasteiger charge is 2.14. The van der Waals surface area contributed by atoms with Gasteiger partial charge in [-0.05, 0) is 37.5 Å². The van der Waals surface area contributed by atoms with E-state index in [1.807, 2.05) is 6.20 Å². The molecule has 3 nitrogen and oxygen atoms in total. The Balaban J connectivity index is 2.16. The van der Waals surface area contributed by atoms with E-state index in [4.69, 9.17) is 4.74 Å². The Morgan fingerprint density at radius 3 is 2.74 bits per heavy atom. The Morgan fingerprint density at radius 1 is 1.17 bits per heavy atom. The molecule has 0 atom stereocenters. The second kappa shape index (κ2) is 6.61. The molecule has 0 amide bonds. The van der Waals surface area contributed by atoms with Crippen LogP contribution in [0.2, 0.25) is 0 Å². The molecule has 0 spiro atoms. The number of ether oxygens (including phenoxy) is 1. The Morgan fingerprint density at radius 2 is 2.00 bits per heavy atom. The molecule has 0 aliphatic carbocycles. The van der Waals surface area contributed by atoms with E-state index < -0.39 is 0 Å². The minimum Gasteiger partial charge on any atom is -0.494 e. The summed E-state index contributed by atoms with van der Waals surface area (Å²) in [6.45, 7) is 10.6. The average molecular weight is 310 g/mol. The molecule has 0 N–H and O–H groups in total. The van der Waals surface area contributed by atoms with Crippen molar-refractivity contribution in [1.29, 1.82) is 0 Å². The number of rotatable bonds is 6. The van der Waals surface area contributed by atoms with Crippen LogP contribution in [0, 0.1) is 12.8 Å². The Labute approximate surface area is 138 Å². The van der Waals surface area contributed by atoms with Crippen molar-refractivity contribution in [2.75, 3.05) is 6.61 Å². The van der Waals surface area contributed by atoms with Crippen molar-refractivity contribution in [3.63, 3.8) is 0 Å². The Hall–Kier alpha value is -2.03. The van der Waals surface area contributed by atoms with Gasteiger partial charge < -0.3 is 9.30 Å². The van der Waals surface area contributed by atoms with Gasteiger partial charge in [0.25, 0.3) is 0 Å². The summed E-state index contributed by atoms with van der Waals surface area (Å²) >= 11 is 0. The number of hydrogen-bond donors (Lipinski definition) is 0. The van der Waals surface area contributed by atoms with Crippen molar-refractivity contribution in [2.24, 2.45) is 5.92 Å². The van der Waals surface area contributed by atoms with Crippen LogP contribution in [0.5, 0.6) is 5.75 Å². The monoisotopic (exact) mass is 310 g/mol. The molecule has 0 bridgehead atoms. The lowest BCUT2D eigenvalue weighted by atomic mass is 10.1. The van der Waals surface area contributed by atoms with Gasteiger partial charge in [-0.2, -0.15) is 0 Å². The molecule has 3 aromatic rings. The largest absolute Gasteiger partial charge is 0.494 e. The molecule has 3 heteroatoms. The van der Waals surface area contributed by atoms with Gasteiger partial charge >= 0.3 is 0 Å². The highest BCUT2D eigenvalue weighted by Crippen LogP contribution is 2.33. The molecule has 0 aliphatic rings. The van der Waals surface area contributed by atoms with E-state index in [1.54, 1.807) is 0 Å². The number of benzene rings is 1. The maximum atomic E-state index is 5.91. The van der Waals surface area contributed by atoms with Crippen molar-refractivity contribution in [3.8, 4) is 5.75 Å². The average Bonchev–Trinajstić information content (AvgIpc) is 2.82. The van der Waals surface area contributed by atoms with E-state index >= 15 is 0 Å². The standard InChI is InChI=1S/C20H26N2O/c1-5-6-11-23-16-7-8-17-18-9-10-21-15(4)20(18)22(13-14(2)3)19(17)12-16/h7-10,12,14H,5-6,11,13H2,1-4H3. The minimum atomic E-state index is 0.582. The van der Waals surface area contributed by atoms with E-state index in [0.29, 0.717) is 5.92 Å². The van der Waals surface area contributed by atoms with Gasteiger partial charge in [-0.25, -0.2) is 0 Å². The van der Waals surface area contributed by atoms with Crippen LogP contribution < -0.4 is 4.74 Å². The number of aryl methyl sites for hydroxylation is 1. The van der Waals surface area contributed by atoms with Gasteiger partial charge in [-0.15, -0.1) is 0 Å². The third kappa shape index (κ3) is 3.05. The van der Waals surface area contributed by atoms with Gasteiger partial charge in [0, 0.05) is 29.6 Å². The normalized spacial score (nSPS) is 11.7. The van der Waals surface area contributed by atoms with Crippen molar-refractivity contribution in [3.05, 3.63) is 36.2 Å². The lowest BCUT2D eigenvalue weighted by molar-refractivity contribution is 0.309. The Bertz CT molecular complexity index is 817. The summed E-state index contributed by atoms with van der Waals surface area (Å²) in [5.41, 5.74) is 3.59. The molecule has 0 saturated carbocycles. The summed E-state index contributed by atoms with van der Waals surface area (Å²) in [5.74, 6) is 1.54. The Kier molecular flexibility index (Phi) is 4.56. The molecule has 23 heavy (non-hydrogen) atoms. The number of fused-ring (bicyclic) bond motifs is 3. The van der Waals surface area contributed by atoms with Gasteiger partial charge in [0.05, 0.1) is 23.3 Å². The molecular formula is C20H26N2O. The molecule has 0 unspecified atom stereocenters. The number of nitrogens with zero attached hydrogens (tertiary/aromatic N) is 2. The van der Waals surface area contributed by atoms with Gasteiger partial charge in [0.2, 0.25) is 0 Å². The first-order valence-corrected chi connectivity index (χ1v) is 8.62. The van der Waals surface area contributed by atoms with Crippen molar-refractivity contribution in [2.45, 2.75) is 47.1 Å². The second-order valence-corrected chi connectivity index (χ2v) is 6.68. The summed E-state index contributed by atoms with van der Waals surface area (Å²) in [5, 5.41) is 2.57. The zero-order valence-corrected chi connectivity index (χ0v) is 14.6. The molecule has 0 saturated heterocycles.